The molecule has 1 fully saturated rings. The SMILES string of the molecule is COc1ccc(C2/C(=C(\O)c3ccc(OCC(C)C)cc3)C(=O)C(=O)N2Cc2cccc(C(F)(F)F)c2)cc1. The van der Waals surface area contributed by atoms with Crippen molar-refractivity contribution in [1.82, 2.24) is 4.90 Å². The molecule has 1 heterocycles. The zero-order valence-electron chi connectivity index (χ0n) is 21.7. The van der Waals surface area contributed by atoms with Crippen LogP contribution < -0.4 is 9.47 Å². The first kappa shape index (κ1) is 27.8. The third-order valence-corrected chi connectivity index (χ3v) is 6.29. The number of methoxy groups -OCH3 is 1. The van der Waals surface area contributed by atoms with E-state index in [1.165, 1.54) is 24.1 Å². The van der Waals surface area contributed by atoms with Crippen LogP contribution in [0.15, 0.2) is 78.4 Å². The number of ether oxygens (including phenoxy) is 2. The maximum absolute atomic E-state index is 13.3. The van der Waals surface area contributed by atoms with Crippen molar-refractivity contribution in [1.29, 1.82) is 0 Å². The molecular weight excluding hydrogens is 511 g/mol. The van der Waals surface area contributed by atoms with Gasteiger partial charge in [-0.15, -0.1) is 0 Å². The van der Waals surface area contributed by atoms with E-state index >= 15 is 0 Å². The minimum atomic E-state index is -4.56. The average Bonchev–Trinajstić information content (AvgIpc) is 3.16. The van der Waals surface area contributed by atoms with E-state index in [0.717, 1.165) is 12.1 Å². The molecule has 204 valence electrons. The van der Waals surface area contributed by atoms with E-state index in [9.17, 15) is 27.9 Å². The Bertz CT molecular complexity index is 1380. The van der Waals surface area contributed by atoms with Gasteiger partial charge in [-0.2, -0.15) is 13.2 Å². The Kier molecular flexibility index (Phi) is 7.99. The van der Waals surface area contributed by atoms with Gasteiger partial charge in [0, 0.05) is 12.1 Å². The van der Waals surface area contributed by atoms with Gasteiger partial charge >= 0.3 is 6.18 Å². The first-order chi connectivity index (χ1) is 18.5. The molecule has 0 spiro atoms. The quantitative estimate of drug-likeness (QED) is 0.205. The Hall–Kier alpha value is -4.27. The fourth-order valence-corrected chi connectivity index (χ4v) is 4.35. The van der Waals surface area contributed by atoms with Crippen LogP contribution in [0.1, 0.15) is 42.1 Å². The summed E-state index contributed by atoms with van der Waals surface area (Å²) < 4.78 is 50.8. The Morgan fingerprint density at radius 3 is 2.21 bits per heavy atom. The van der Waals surface area contributed by atoms with Gasteiger partial charge in [0.15, 0.2) is 0 Å². The van der Waals surface area contributed by atoms with Crippen LogP contribution in [0, 0.1) is 5.92 Å². The summed E-state index contributed by atoms with van der Waals surface area (Å²) in [6.45, 7) is 4.25. The predicted octanol–water partition coefficient (Wildman–Crippen LogP) is 6.37. The molecule has 6 nitrogen and oxygen atoms in total. The second kappa shape index (κ2) is 11.2. The van der Waals surface area contributed by atoms with Crippen molar-refractivity contribution in [3.8, 4) is 11.5 Å². The zero-order chi connectivity index (χ0) is 28.3. The van der Waals surface area contributed by atoms with Crippen LogP contribution in [0.25, 0.3) is 5.76 Å². The van der Waals surface area contributed by atoms with Gasteiger partial charge in [0.25, 0.3) is 11.7 Å². The topological polar surface area (TPSA) is 76.1 Å². The van der Waals surface area contributed by atoms with Gasteiger partial charge < -0.3 is 19.5 Å². The van der Waals surface area contributed by atoms with Gasteiger partial charge in [-0.1, -0.05) is 38.1 Å². The number of Topliss-reactive ketones (excluding diaryl/α,β-unsaturated/α-hetero) is 1. The molecule has 1 unspecified atom stereocenters. The summed E-state index contributed by atoms with van der Waals surface area (Å²) in [6.07, 6.45) is -4.56. The van der Waals surface area contributed by atoms with Crippen molar-refractivity contribution in [2.75, 3.05) is 13.7 Å². The fraction of sp³-hybridized carbons (Fsp3) is 0.267. The number of benzene rings is 3. The van der Waals surface area contributed by atoms with E-state index in [1.807, 2.05) is 13.8 Å². The number of hydrogen-bond acceptors (Lipinski definition) is 5. The third kappa shape index (κ3) is 6.08. The number of rotatable bonds is 8. The Labute approximate surface area is 224 Å². The highest BCUT2D eigenvalue weighted by molar-refractivity contribution is 6.46. The molecule has 39 heavy (non-hydrogen) atoms. The highest BCUT2D eigenvalue weighted by Crippen LogP contribution is 2.41. The molecule has 1 saturated heterocycles. The van der Waals surface area contributed by atoms with E-state index < -0.39 is 35.2 Å². The van der Waals surface area contributed by atoms with Crippen LogP contribution in [0.3, 0.4) is 0 Å². The van der Waals surface area contributed by atoms with Crippen LogP contribution in [-0.2, 0) is 22.3 Å². The van der Waals surface area contributed by atoms with Crippen LogP contribution in [0.5, 0.6) is 11.5 Å². The highest BCUT2D eigenvalue weighted by Gasteiger charge is 2.46. The molecule has 3 aromatic rings. The zero-order valence-corrected chi connectivity index (χ0v) is 21.7. The summed E-state index contributed by atoms with van der Waals surface area (Å²) in [5, 5.41) is 11.3. The molecule has 1 aliphatic heterocycles. The average molecular weight is 540 g/mol. The molecule has 0 aromatic heterocycles. The Balaban J connectivity index is 1.77. The summed E-state index contributed by atoms with van der Waals surface area (Å²) in [5.74, 6) is -0.818. The van der Waals surface area contributed by atoms with Crippen LogP contribution in [-0.4, -0.2) is 35.4 Å². The Morgan fingerprint density at radius 2 is 1.62 bits per heavy atom. The summed E-state index contributed by atoms with van der Waals surface area (Å²) in [6, 6.07) is 16.6. The lowest BCUT2D eigenvalue weighted by Crippen LogP contribution is -2.29. The molecular formula is C30H28F3NO5. The summed E-state index contributed by atoms with van der Waals surface area (Å²) in [7, 11) is 1.49. The molecule has 0 radical (unpaired) electrons. The summed E-state index contributed by atoms with van der Waals surface area (Å²) in [4.78, 5) is 27.6. The number of carbonyl (C=O) groups is 2. The molecule has 1 aliphatic rings. The van der Waals surface area contributed by atoms with E-state index in [-0.39, 0.29) is 17.7 Å². The number of hydrogen-bond donors (Lipinski definition) is 1. The Morgan fingerprint density at radius 1 is 0.974 bits per heavy atom. The smallest absolute Gasteiger partial charge is 0.416 e. The van der Waals surface area contributed by atoms with Gasteiger partial charge in [0.2, 0.25) is 0 Å². The minimum Gasteiger partial charge on any atom is -0.507 e. The lowest BCUT2D eigenvalue weighted by molar-refractivity contribution is -0.140. The highest BCUT2D eigenvalue weighted by atomic mass is 19.4. The van der Waals surface area contributed by atoms with E-state index in [1.54, 1.807) is 48.5 Å². The van der Waals surface area contributed by atoms with Gasteiger partial charge in [0.05, 0.1) is 30.9 Å². The molecule has 1 amide bonds. The predicted molar refractivity (Wildman–Crippen MR) is 139 cm³/mol. The largest absolute Gasteiger partial charge is 0.507 e. The van der Waals surface area contributed by atoms with Crippen molar-refractivity contribution < 1.29 is 37.3 Å². The molecule has 3 aromatic carbocycles. The first-order valence-corrected chi connectivity index (χ1v) is 12.3. The summed E-state index contributed by atoms with van der Waals surface area (Å²) in [5.41, 5.74) is -0.0508. The fourth-order valence-electron chi connectivity index (χ4n) is 4.35. The number of halogens is 3. The van der Waals surface area contributed by atoms with Crippen molar-refractivity contribution in [3.05, 3.63) is 101 Å². The first-order valence-electron chi connectivity index (χ1n) is 12.3. The van der Waals surface area contributed by atoms with Gasteiger partial charge in [-0.05, 0) is 65.6 Å². The number of amides is 1. The number of ketones is 1. The number of aliphatic hydroxyl groups excluding tert-OH is 1. The molecule has 0 aliphatic carbocycles. The lowest BCUT2D eigenvalue weighted by atomic mass is 9.95. The van der Waals surface area contributed by atoms with Gasteiger partial charge in [-0.25, -0.2) is 0 Å². The number of alkyl halides is 3. The number of likely N-dealkylation sites (tertiary alicyclic amines) is 1. The number of nitrogens with zero attached hydrogens (tertiary/aromatic N) is 1. The van der Waals surface area contributed by atoms with Crippen molar-refractivity contribution >= 4 is 17.4 Å². The lowest BCUT2D eigenvalue weighted by Gasteiger charge is -2.26. The second-order valence-electron chi connectivity index (χ2n) is 9.63. The molecule has 0 bridgehead atoms. The standard InChI is InChI=1S/C30H28F3NO5/c1-18(2)17-39-24-13-9-21(10-14-24)27(35)25-26(20-7-11-23(38-3)12-8-20)34(29(37)28(25)36)16-19-5-4-6-22(15-19)30(31,32)33/h4-15,18,26,35H,16-17H2,1-3H3/b27-25+. The maximum atomic E-state index is 13.3. The van der Waals surface area contributed by atoms with Gasteiger partial charge in [0.1, 0.15) is 17.3 Å². The molecule has 0 saturated carbocycles. The molecule has 1 N–H and O–H groups in total. The van der Waals surface area contributed by atoms with Crippen molar-refractivity contribution in [2.24, 2.45) is 5.92 Å². The maximum Gasteiger partial charge on any atom is 0.416 e. The number of carbonyl (C=O) groups excluding carboxylic acids is 2. The monoisotopic (exact) mass is 539 g/mol. The van der Waals surface area contributed by atoms with Crippen LogP contribution in [0.4, 0.5) is 13.2 Å². The van der Waals surface area contributed by atoms with E-state index in [0.29, 0.717) is 35.2 Å². The summed E-state index contributed by atoms with van der Waals surface area (Å²) >= 11 is 0. The van der Waals surface area contributed by atoms with E-state index in [4.69, 9.17) is 9.47 Å². The molecule has 1 atom stereocenters. The van der Waals surface area contributed by atoms with Crippen LogP contribution >= 0.6 is 0 Å². The molecule has 9 heteroatoms. The van der Waals surface area contributed by atoms with Crippen molar-refractivity contribution in [3.63, 3.8) is 0 Å². The minimum absolute atomic E-state index is 0.159. The molecule has 4 rings (SSSR count). The second-order valence-corrected chi connectivity index (χ2v) is 9.63. The normalized spacial score (nSPS) is 17.1. The third-order valence-electron chi connectivity index (χ3n) is 6.29. The number of aliphatic hydroxyl groups is 1. The van der Waals surface area contributed by atoms with Crippen LogP contribution in [0.2, 0.25) is 0 Å². The van der Waals surface area contributed by atoms with Gasteiger partial charge in [-0.3, -0.25) is 9.59 Å². The van der Waals surface area contributed by atoms with E-state index in [2.05, 4.69) is 0 Å². The van der Waals surface area contributed by atoms with Crippen molar-refractivity contribution in [2.45, 2.75) is 32.6 Å².